The summed E-state index contributed by atoms with van der Waals surface area (Å²) >= 11 is 0. The van der Waals surface area contributed by atoms with E-state index in [4.69, 9.17) is 66.3 Å². The summed E-state index contributed by atoms with van der Waals surface area (Å²) in [5.41, 5.74) is 4.66. The van der Waals surface area contributed by atoms with E-state index in [1.54, 1.807) is 0 Å². The number of ether oxygens (including phenoxy) is 14. The molecule has 4 aromatic heterocycles. The van der Waals surface area contributed by atoms with Gasteiger partial charge in [-0.25, -0.2) is 18.3 Å². The summed E-state index contributed by atoms with van der Waals surface area (Å²) in [4.78, 5) is 0. The Morgan fingerprint density at radius 1 is 0.180 bits per heavy atom. The maximum atomic E-state index is 9.87. The maximum Gasteiger partial charge on any atom is 0.182 e. The molecule has 8 aliphatic rings. The molecule has 680 valence electrons. The van der Waals surface area contributed by atoms with Crippen LogP contribution in [0.4, 0.5) is 101 Å². The Balaban J connectivity index is 0.000000255. The first-order chi connectivity index (χ1) is 56.4. The van der Waals surface area contributed by atoms with Gasteiger partial charge in [0.25, 0.3) is 0 Å². The molecule has 0 radical (unpaired) electrons. The maximum absolute atomic E-state index is 10.7. The molecule has 0 aliphatic carbocycles. The van der Waals surface area contributed by atoms with E-state index in [1.165, 1.54) is 22.3 Å². The van der Waals surface area contributed by atoms with Gasteiger partial charge in [0.1, 0.15) is 98.9 Å². The van der Waals surface area contributed by atoms with Crippen LogP contribution in [0.1, 0.15) is 0 Å². The summed E-state index contributed by atoms with van der Waals surface area (Å²) in [7, 11) is -42.6. The molecular weight excluding hydrogens is 1770 g/mol. The van der Waals surface area contributed by atoms with Crippen LogP contribution in [0.15, 0.2) is 219 Å². The fourth-order valence-electron chi connectivity index (χ4n) is 10.5. The number of pyridine rings is 4. The Hall–Kier alpha value is -9.36. The fourth-order valence-corrected chi connectivity index (χ4v) is 10.5. The van der Waals surface area contributed by atoms with Gasteiger partial charge in [-0.3, -0.25) is 0 Å². The van der Waals surface area contributed by atoms with Crippen LogP contribution in [0.2, 0.25) is 0 Å². The third-order valence-electron chi connectivity index (χ3n) is 15.4. The number of benzene rings is 6. The largest absolute Gasteiger partial charge is 0.491 e. The van der Waals surface area contributed by atoms with Crippen LogP contribution in [0.5, 0.6) is 46.0 Å². The summed E-state index contributed by atoms with van der Waals surface area (Å²) in [6, 6.07) is 56.6. The van der Waals surface area contributed by atoms with Crippen molar-refractivity contribution in [3.63, 3.8) is 0 Å². The second-order valence-electron chi connectivity index (χ2n) is 25.8. The standard InChI is InChI=1S/C40H40N4O4.C36H44O10.4F6P/c1-3-37-31-38(4-1)46-28-24-42-17-9-34(10-18-42)36-13-21-44(22-14-36)26-30-48-40-6-2-5-39(32-40)47-29-25-43-19-11-35(12-20-43)33-7-15-41(16-8-33)23-27-45-37;1-5-29-30-6-2-10-34(29)44-26-22-40-18-14-38-16-20-42-24-28-46-36-12-4-7-31-32(36)8-3-11-35(31)45-27-23-41-19-15-37-13-17-39-21-25-43-33(30)9-1;4*1-7(2,3,4,5)6/h1-22,31-32H,23-30H2;1-12H,13-28H2;;;;/q+4;;4*-1. The Bertz CT molecular complexity index is 4280. The number of rotatable bonds is 0. The van der Waals surface area contributed by atoms with Crippen molar-refractivity contribution in [2.45, 2.75) is 26.2 Å². The SMILES string of the molecule is F[P-](F)(F)(F)(F)F.F[P-](F)(F)(F)(F)F.F[P-](F)(F)(F)(F)F.F[P-](F)(F)(F)(F)F.c1cc2c3cccc(c3c1)OCCOCCOCCOCCOc1cccc3c(cccc13)OCCOCCOCCOCCO2.c1cc2cc(c1)OCC[n+]1ccc(cc1)-c1cc[n+](cc1)CCOc1cccc(c1)OCC[n+]1ccc(cc1)-c1cc[n+](cc1)CCO2. The van der Waals surface area contributed by atoms with Gasteiger partial charge in [0, 0.05) is 82.2 Å². The van der Waals surface area contributed by atoms with Crippen molar-refractivity contribution in [1.29, 1.82) is 0 Å². The molecule has 0 unspecified atom stereocenters. The van der Waals surface area contributed by atoms with Crippen LogP contribution < -0.4 is 56.2 Å². The van der Waals surface area contributed by atoms with Crippen molar-refractivity contribution < 1.29 is 185 Å². The molecule has 8 aliphatic heterocycles. The average molecular weight is 1860 g/mol. The predicted molar refractivity (Wildman–Crippen MR) is 408 cm³/mol. The van der Waals surface area contributed by atoms with E-state index in [-0.39, 0.29) is 0 Å². The molecule has 18 rings (SSSR count). The molecule has 12 heterocycles. The van der Waals surface area contributed by atoms with Gasteiger partial charge >= 0.3 is 132 Å². The third kappa shape index (κ3) is 50.3. The first-order valence-corrected chi connectivity index (χ1v) is 44.5. The van der Waals surface area contributed by atoms with Crippen molar-refractivity contribution in [2.24, 2.45) is 0 Å². The quantitative estimate of drug-likeness (QED) is 0.0806. The zero-order chi connectivity index (χ0) is 89.5. The minimum atomic E-state index is -10.7. The predicted octanol–water partition coefficient (Wildman–Crippen LogP) is 23.7. The Morgan fingerprint density at radius 3 is 0.508 bits per heavy atom. The van der Waals surface area contributed by atoms with Crippen molar-refractivity contribution >= 4 is 52.8 Å². The van der Waals surface area contributed by atoms with Crippen LogP contribution in [0, 0.1) is 0 Å². The summed E-state index contributed by atoms with van der Waals surface area (Å²) in [5, 5.41) is 3.94. The molecule has 20 bridgehead atoms. The molecular formula is C76H84F24N4O14P4. The third-order valence-corrected chi connectivity index (χ3v) is 15.4. The van der Waals surface area contributed by atoms with Gasteiger partial charge in [0.15, 0.2) is 75.8 Å². The average Bonchev–Trinajstić information content (AvgIpc) is 0.782. The number of hydrogen-bond acceptors (Lipinski definition) is 14. The monoisotopic (exact) mass is 1860 g/mol. The molecule has 10 aromatic rings. The molecule has 122 heavy (non-hydrogen) atoms. The number of hydrogen-bond donors (Lipinski definition) is 0. The van der Waals surface area contributed by atoms with Crippen molar-refractivity contribution in [3.8, 4) is 68.2 Å². The second kappa shape index (κ2) is 40.1. The normalized spacial score (nSPS) is 17.6. The number of nitrogens with zero attached hydrogens (tertiary/aromatic N) is 4. The Labute approximate surface area is 681 Å². The van der Waals surface area contributed by atoms with E-state index in [0.29, 0.717) is 132 Å². The van der Waals surface area contributed by atoms with Crippen LogP contribution >= 0.6 is 31.2 Å². The Kier molecular flexibility index (Phi) is 32.8. The van der Waals surface area contributed by atoms with Gasteiger partial charge in [-0.15, -0.1) is 0 Å². The summed E-state index contributed by atoms with van der Waals surface area (Å²) in [6.45, 7) is 12.6. The molecule has 0 N–H and O–H groups in total. The van der Waals surface area contributed by atoms with E-state index < -0.39 is 31.2 Å². The molecule has 6 aromatic carbocycles. The molecule has 0 amide bonds. The van der Waals surface area contributed by atoms with Crippen LogP contribution in [0.3, 0.4) is 0 Å². The van der Waals surface area contributed by atoms with Gasteiger partial charge in [-0.05, 0) is 70.8 Å². The minimum Gasteiger partial charge on any atom is -0.491 e. The number of halogens is 24. The van der Waals surface area contributed by atoms with Crippen LogP contribution in [-0.4, -0.2) is 132 Å². The van der Waals surface area contributed by atoms with E-state index in [1.807, 2.05) is 121 Å². The first-order valence-electron chi connectivity index (χ1n) is 36.4. The van der Waals surface area contributed by atoms with E-state index >= 15 is 0 Å². The summed E-state index contributed by atoms with van der Waals surface area (Å²) in [5.74, 6) is 6.35. The zero-order valence-electron chi connectivity index (χ0n) is 64.1. The minimum absolute atomic E-state index is 0.431. The summed E-state index contributed by atoms with van der Waals surface area (Å²) < 4.78 is 328. The summed E-state index contributed by atoms with van der Waals surface area (Å²) in [6.07, 6.45) is 16.7. The molecule has 46 heteroatoms. The van der Waals surface area contributed by atoms with E-state index in [9.17, 15) is 101 Å². The first kappa shape index (κ1) is 99.7. The fraction of sp³-hybridized carbons (Fsp3) is 0.316. The molecule has 0 saturated carbocycles. The van der Waals surface area contributed by atoms with Crippen molar-refractivity contribution in [2.75, 3.05) is 132 Å². The van der Waals surface area contributed by atoms with Gasteiger partial charge in [0.2, 0.25) is 0 Å². The van der Waals surface area contributed by atoms with Crippen molar-refractivity contribution in [3.05, 3.63) is 219 Å². The van der Waals surface area contributed by atoms with Crippen LogP contribution in [-0.2, 0) is 54.6 Å². The topological polar surface area (TPSA) is 145 Å². The molecule has 0 saturated heterocycles. The van der Waals surface area contributed by atoms with Crippen molar-refractivity contribution in [1.82, 2.24) is 0 Å². The van der Waals surface area contributed by atoms with Gasteiger partial charge in [-0.1, -0.05) is 60.7 Å². The van der Waals surface area contributed by atoms with E-state index in [0.717, 1.165) is 93.7 Å². The van der Waals surface area contributed by atoms with Gasteiger partial charge in [0.05, 0.1) is 79.3 Å². The van der Waals surface area contributed by atoms with Gasteiger partial charge in [-0.2, -0.15) is 0 Å². The van der Waals surface area contributed by atoms with Gasteiger partial charge < -0.3 is 66.3 Å². The molecule has 0 atom stereocenters. The zero-order valence-corrected chi connectivity index (χ0v) is 67.7. The smallest absolute Gasteiger partial charge is 0.182 e. The Morgan fingerprint density at radius 2 is 0.336 bits per heavy atom. The molecule has 18 nitrogen and oxygen atoms in total. The number of aromatic nitrogens is 4. The van der Waals surface area contributed by atoms with E-state index in [2.05, 4.69) is 116 Å². The van der Waals surface area contributed by atoms with Crippen LogP contribution in [0.25, 0.3) is 43.8 Å². The molecule has 0 fully saturated rings. The second-order valence-corrected chi connectivity index (χ2v) is 33.4. The molecule has 0 spiro atoms.